The van der Waals surface area contributed by atoms with Gasteiger partial charge in [-0.25, -0.2) is 4.79 Å². The molecule has 0 bridgehead atoms. The minimum Gasteiger partial charge on any atom is -0.494 e. The molecule has 5 nitrogen and oxygen atoms in total. The molecule has 5 heteroatoms. The van der Waals surface area contributed by atoms with Crippen LogP contribution in [0.1, 0.15) is 19.8 Å². The maximum Gasteiger partial charge on any atom is 0.334 e. The topological polar surface area (TPSA) is 72.8 Å². The van der Waals surface area contributed by atoms with E-state index in [2.05, 4.69) is 0 Å². The Morgan fingerprint density at radius 1 is 1.62 bits per heavy atom. The molecule has 0 aromatic heterocycles. The van der Waals surface area contributed by atoms with Crippen LogP contribution in [0, 0.1) is 0 Å². The molecule has 0 unspecified atom stereocenters. The quantitative estimate of drug-likeness (QED) is 0.564. The van der Waals surface area contributed by atoms with Gasteiger partial charge in [-0.15, -0.1) is 0 Å². The van der Waals surface area contributed by atoms with Gasteiger partial charge in [0.25, 0.3) is 0 Å². The van der Waals surface area contributed by atoms with Crippen LogP contribution in [0.5, 0.6) is 0 Å². The van der Waals surface area contributed by atoms with E-state index in [1.54, 1.807) is 13.0 Å². The maximum absolute atomic E-state index is 11.4. The molecule has 0 amide bonds. The number of esters is 1. The van der Waals surface area contributed by atoms with Gasteiger partial charge in [0.2, 0.25) is 0 Å². The first-order valence-electron chi connectivity index (χ1n) is 5.06. The molecule has 1 aliphatic rings. The molecule has 0 atom stereocenters. The van der Waals surface area contributed by atoms with Gasteiger partial charge in [0.1, 0.15) is 5.76 Å². The van der Waals surface area contributed by atoms with Gasteiger partial charge in [-0.3, -0.25) is 4.79 Å². The van der Waals surface area contributed by atoms with Crippen molar-refractivity contribution < 1.29 is 24.2 Å². The highest BCUT2D eigenvalue weighted by Gasteiger charge is 2.16. The lowest BCUT2D eigenvalue weighted by molar-refractivity contribution is -0.142. The molecule has 16 heavy (non-hydrogen) atoms. The Morgan fingerprint density at radius 3 is 2.88 bits per heavy atom. The first-order chi connectivity index (χ1) is 7.63. The molecule has 0 saturated carbocycles. The number of hydrogen-bond acceptors (Lipinski definition) is 4. The van der Waals surface area contributed by atoms with Crippen LogP contribution in [0.4, 0.5) is 0 Å². The number of carboxylic acid groups (broad SMARTS) is 1. The van der Waals surface area contributed by atoms with Crippen LogP contribution < -0.4 is 0 Å². The molecule has 88 valence electrons. The number of rotatable bonds is 5. The molecule has 0 aromatic carbocycles. The molecular formula is C11H14O5. The molecule has 1 heterocycles. The SMILES string of the molecule is CCOC(=O)/C(=C\C1=CCCO1)CC(=O)O. The Hall–Kier alpha value is -1.78. The van der Waals surface area contributed by atoms with Gasteiger partial charge in [-0.05, 0) is 19.1 Å². The van der Waals surface area contributed by atoms with Gasteiger partial charge >= 0.3 is 11.9 Å². The van der Waals surface area contributed by atoms with Crippen LogP contribution in [-0.2, 0) is 19.1 Å². The molecule has 0 spiro atoms. The highest BCUT2D eigenvalue weighted by atomic mass is 16.5. The molecule has 1 N–H and O–H groups in total. The molecular weight excluding hydrogens is 212 g/mol. The highest BCUT2D eigenvalue weighted by Crippen LogP contribution is 2.15. The molecule has 0 fully saturated rings. The Morgan fingerprint density at radius 2 is 2.38 bits per heavy atom. The van der Waals surface area contributed by atoms with Gasteiger partial charge in [-0.2, -0.15) is 0 Å². The second kappa shape index (κ2) is 5.95. The van der Waals surface area contributed by atoms with E-state index in [4.69, 9.17) is 14.6 Å². The zero-order chi connectivity index (χ0) is 12.0. The zero-order valence-electron chi connectivity index (χ0n) is 9.06. The van der Waals surface area contributed by atoms with Crippen molar-refractivity contribution in [3.8, 4) is 0 Å². The van der Waals surface area contributed by atoms with Crippen molar-refractivity contribution in [1.29, 1.82) is 0 Å². The van der Waals surface area contributed by atoms with Crippen LogP contribution in [0.2, 0.25) is 0 Å². The van der Waals surface area contributed by atoms with Crippen LogP contribution in [0.3, 0.4) is 0 Å². The van der Waals surface area contributed by atoms with E-state index in [0.29, 0.717) is 12.4 Å². The fourth-order valence-electron chi connectivity index (χ4n) is 1.28. The van der Waals surface area contributed by atoms with E-state index in [1.807, 2.05) is 0 Å². The van der Waals surface area contributed by atoms with Gasteiger partial charge in [0.05, 0.1) is 25.2 Å². The van der Waals surface area contributed by atoms with Crippen LogP contribution in [0.15, 0.2) is 23.5 Å². The lowest BCUT2D eigenvalue weighted by Gasteiger charge is -2.05. The lowest BCUT2D eigenvalue weighted by atomic mass is 10.1. The number of carboxylic acids is 1. The van der Waals surface area contributed by atoms with Crippen molar-refractivity contribution in [2.75, 3.05) is 13.2 Å². The third kappa shape index (κ3) is 3.76. The minimum absolute atomic E-state index is 0.0995. The zero-order valence-corrected chi connectivity index (χ0v) is 9.06. The summed E-state index contributed by atoms with van der Waals surface area (Å²) in [5.41, 5.74) is 0.0995. The van der Waals surface area contributed by atoms with Crippen molar-refractivity contribution in [2.24, 2.45) is 0 Å². The normalized spacial score (nSPS) is 15.3. The Labute approximate surface area is 93.3 Å². The number of allylic oxidation sites excluding steroid dienone is 1. The largest absolute Gasteiger partial charge is 0.494 e. The summed E-state index contributed by atoms with van der Waals surface area (Å²) in [4.78, 5) is 22.0. The number of hydrogen-bond donors (Lipinski definition) is 1. The highest BCUT2D eigenvalue weighted by molar-refractivity contribution is 5.93. The molecule has 0 saturated heterocycles. The first kappa shape index (κ1) is 12.3. The third-order valence-electron chi connectivity index (χ3n) is 1.93. The van der Waals surface area contributed by atoms with Gasteiger partial charge in [-0.1, -0.05) is 0 Å². The van der Waals surface area contributed by atoms with Crippen molar-refractivity contribution in [1.82, 2.24) is 0 Å². The molecule has 1 rings (SSSR count). The predicted molar refractivity (Wildman–Crippen MR) is 55.6 cm³/mol. The fraction of sp³-hybridized carbons (Fsp3) is 0.455. The van der Waals surface area contributed by atoms with E-state index >= 15 is 0 Å². The Bertz CT molecular complexity index is 340. The number of carbonyl (C=O) groups excluding carboxylic acids is 1. The van der Waals surface area contributed by atoms with Gasteiger partial charge in [0, 0.05) is 6.42 Å². The van der Waals surface area contributed by atoms with Crippen molar-refractivity contribution in [2.45, 2.75) is 19.8 Å². The van der Waals surface area contributed by atoms with Crippen molar-refractivity contribution >= 4 is 11.9 Å². The summed E-state index contributed by atoms with van der Waals surface area (Å²) in [6.07, 6.45) is 3.65. The summed E-state index contributed by atoms with van der Waals surface area (Å²) in [6, 6.07) is 0. The van der Waals surface area contributed by atoms with E-state index in [-0.39, 0.29) is 18.6 Å². The molecule has 0 radical (unpaired) electrons. The maximum atomic E-state index is 11.4. The van der Waals surface area contributed by atoms with Crippen molar-refractivity contribution in [3.05, 3.63) is 23.5 Å². The van der Waals surface area contributed by atoms with Gasteiger partial charge in [0.15, 0.2) is 0 Å². The molecule has 0 aromatic rings. The average molecular weight is 226 g/mol. The molecule has 0 aliphatic carbocycles. The summed E-state index contributed by atoms with van der Waals surface area (Å²) in [5.74, 6) is -1.15. The van der Waals surface area contributed by atoms with E-state index < -0.39 is 11.9 Å². The van der Waals surface area contributed by atoms with Crippen molar-refractivity contribution in [3.63, 3.8) is 0 Å². The summed E-state index contributed by atoms with van der Waals surface area (Å²) >= 11 is 0. The summed E-state index contributed by atoms with van der Waals surface area (Å²) in [7, 11) is 0. The Balaban J connectivity index is 2.76. The van der Waals surface area contributed by atoms with Crippen LogP contribution in [-0.4, -0.2) is 30.3 Å². The lowest BCUT2D eigenvalue weighted by Crippen LogP contribution is -2.11. The van der Waals surface area contributed by atoms with E-state index in [0.717, 1.165) is 6.42 Å². The minimum atomic E-state index is -1.07. The number of aliphatic carboxylic acids is 1. The monoisotopic (exact) mass is 226 g/mol. The second-order valence-corrected chi connectivity index (χ2v) is 3.20. The third-order valence-corrected chi connectivity index (χ3v) is 1.93. The number of ether oxygens (including phenoxy) is 2. The smallest absolute Gasteiger partial charge is 0.334 e. The van der Waals surface area contributed by atoms with E-state index in [1.165, 1.54) is 6.08 Å². The molecule has 1 aliphatic heterocycles. The standard InChI is InChI=1S/C11H14O5/c1-2-15-11(14)8(7-10(12)13)6-9-4-3-5-16-9/h4,6H,2-3,5,7H2,1H3,(H,12,13)/b8-6-. The predicted octanol–water partition coefficient (Wildman–Crippen LogP) is 1.25. The summed E-state index contributed by atoms with van der Waals surface area (Å²) < 4.78 is 9.94. The van der Waals surface area contributed by atoms with E-state index in [9.17, 15) is 9.59 Å². The fourth-order valence-corrected chi connectivity index (χ4v) is 1.28. The van der Waals surface area contributed by atoms with Crippen LogP contribution >= 0.6 is 0 Å². The first-order valence-corrected chi connectivity index (χ1v) is 5.06. The second-order valence-electron chi connectivity index (χ2n) is 3.20. The number of carbonyl (C=O) groups is 2. The average Bonchev–Trinajstić information content (AvgIpc) is 2.69. The van der Waals surface area contributed by atoms with Gasteiger partial charge < -0.3 is 14.6 Å². The Kier molecular flexibility index (Phi) is 4.57. The summed E-state index contributed by atoms with van der Waals surface area (Å²) in [6.45, 7) is 2.45. The summed E-state index contributed by atoms with van der Waals surface area (Å²) in [5, 5.41) is 8.67. The van der Waals surface area contributed by atoms with Crippen LogP contribution in [0.25, 0.3) is 0 Å².